The number of carbonyl (C=O) groups is 1. The maximum atomic E-state index is 12.7. The second-order valence-electron chi connectivity index (χ2n) is 5.12. The summed E-state index contributed by atoms with van der Waals surface area (Å²) in [5.41, 5.74) is 0.421. The summed E-state index contributed by atoms with van der Waals surface area (Å²) in [6.07, 6.45) is 1.48. The molecule has 132 valence electrons. The number of rotatable bonds is 3. The zero-order valence-corrected chi connectivity index (χ0v) is 15.8. The number of amides is 1. The molecule has 0 atom stereocenters. The molecule has 0 aliphatic carbocycles. The molecule has 1 aliphatic heterocycles. The van der Waals surface area contributed by atoms with Gasteiger partial charge in [-0.3, -0.25) is 19.8 Å². The molecular weight excluding hydrogens is 419 g/mol. The van der Waals surface area contributed by atoms with Crippen LogP contribution in [-0.4, -0.2) is 20.3 Å². The van der Waals surface area contributed by atoms with Crippen LogP contribution in [-0.2, 0) is 4.79 Å². The monoisotopic (exact) mass is 426 g/mol. The lowest BCUT2D eigenvalue weighted by Gasteiger charge is -2.15. The third kappa shape index (κ3) is 3.54. The Kier molecular flexibility index (Phi) is 5.19. The van der Waals surface area contributed by atoms with E-state index in [1.165, 1.54) is 35.2 Å². The molecule has 0 spiro atoms. The van der Waals surface area contributed by atoms with Gasteiger partial charge in [0.05, 0.1) is 25.6 Å². The summed E-state index contributed by atoms with van der Waals surface area (Å²) >= 11 is 18.2. The fourth-order valence-corrected chi connectivity index (χ4v) is 3.83. The Bertz CT molecular complexity index is 994. The Hall–Kier alpha value is -2.13. The lowest BCUT2D eigenvalue weighted by atomic mass is 10.1. The molecule has 1 heterocycles. The number of phenolic OH excluding ortho intramolecular Hbond substituents is 1. The number of hydrogen-bond acceptors (Lipinski definition) is 6. The van der Waals surface area contributed by atoms with Gasteiger partial charge in [0, 0.05) is 6.07 Å². The van der Waals surface area contributed by atoms with Gasteiger partial charge in [-0.1, -0.05) is 53.2 Å². The van der Waals surface area contributed by atoms with Crippen molar-refractivity contribution >= 4 is 74.9 Å². The number of nitrogens with zero attached hydrogens (tertiary/aromatic N) is 2. The summed E-state index contributed by atoms with van der Waals surface area (Å²) in [6, 6.07) is 8.56. The van der Waals surface area contributed by atoms with Crippen LogP contribution in [0.5, 0.6) is 5.75 Å². The predicted molar refractivity (Wildman–Crippen MR) is 107 cm³/mol. The van der Waals surface area contributed by atoms with Gasteiger partial charge in [0.1, 0.15) is 0 Å². The van der Waals surface area contributed by atoms with E-state index in [4.69, 9.17) is 35.4 Å². The van der Waals surface area contributed by atoms with Crippen LogP contribution in [0.3, 0.4) is 0 Å². The van der Waals surface area contributed by atoms with Crippen molar-refractivity contribution in [3.8, 4) is 5.75 Å². The van der Waals surface area contributed by atoms with Crippen molar-refractivity contribution in [3.05, 3.63) is 67.0 Å². The van der Waals surface area contributed by atoms with Gasteiger partial charge in [0.2, 0.25) is 0 Å². The highest BCUT2D eigenvalue weighted by atomic mass is 35.5. The number of anilines is 1. The number of nitro benzene ring substituents is 1. The van der Waals surface area contributed by atoms with E-state index in [1.807, 2.05) is 0 Å². The van der Waals surface area contributed by atoms with Gasteiger partial charge in [-0.2, -0.15) is 0 Å². The minimum absolute atomic E-state index is 0.288. The Morgan fingerprint density at radius 2 is 1.92 bits per heavy atom. The molecule has 0 bridgehead atoms. The molecule has 6 nitrogen and oxygen atoms in total. The molecule has 1 fully saturated rings. The quantitative estimate of drug-likeness (QED) is 0.321. The fourth-order valence-electron chi connectivity index (χ4n) is 2.24. The maximum absolute atomic E-state index is 12.7. The third-order valence-electron chi connectivity index (χ3n) is 3.45. The van der Waals surface area contributed by atoms with Crippen LogP contribution in [0.2, 0.25) is 10.0 Å². The molecule has 0 unspecified atom stereocenters. The zero-order chi connectivity index (χ0) is 19.0. The molecule has 1 amide bonds. The molecule has 26 heavy (non-hydrogen) atoms. The van der Waals surface area contributed by atoms with E-state index in [1.54, 1.807) is 12.1 Å². The minimum atomic E-state index is -0.701. The fraction of sp³-hybridized carbons (Fsp3) is 0. The second kappa shape index (κ2) is 7.24. The molecule has 3 rings (SSSR count). The predicted octanol–water partition coefficient (Wildman–Crippen LogP) is 5.01. The van der Waals surface area contributed by atoms with E-state index < -0.39 is 16.4 Å². The van der Waals surface area contributed by atoms with Crippen molar-refractivity contribution in [3.63, 3.8) is 0 Å². The molecule has 2 aromatic rings. The number of halogens is 2. The average Bonchev–Trinajstić information content (AvgIpc) is 2.85. The van der Waals surface area contributed by atoms with Gasteiger partial charge >= 0.3 is 5.69 Å². The summed E-state index contributed by atoms with van der Waals surface area (Å²) in [7, 11) is 0. The number of hydrogen-bond donors (Lipinski definition) is 1. The number of thiocarbonyl (C=S) groups is 1. The smallest absolute Gasteiger partial charge is 0.311 e. The molecular formula is C16H8Cl2N2O4S2. The van der Waals surface area contributed by atoms with Crippen LogP contribution in [0.25, 0.3) is 6.08 Å². The summed E-state index contributed by atoms with van der Waals surface area (Å²) in [4.78, 5) is 24.5. The van der Waals surface area contributed by atoms with Crippen molar-refractivity contribution in [2.45, 2.75) is 0 Å². The summed E-state index contributed by atoms with van der Waals surface area (Å²) < 4.78 is 0.299. The van der Waals surface area contributed by atoms with E-state index in [-0.39, 0.29) is 10.9 Å². The van der Waals surface area contributed by atoms with Gasteiger partial charge in [0.15, 0.2) is 10.1 Å². The SMILES string of the molecule is O=C1/C(=C/c2ccc(O)c([N+](=O)[O-])c2)SC(=S)N1c1ccc(Cl)c(Cl)c1. The standard InChI is InChI=1S/C16H8Cl2N2O4S2/c17-10-3-2-9(7-11(10)18)19-15(22)14(26-16(19)25)6-8-1-4-13(21)12(5-8)20(23)24/h1-7,21H/b14-6-. The van der Waals surface area contributed by atoms with Gasteiger partial charge in [-0.25, -0.2) is 0 Å². The van der Waals surface area contributed by atoms with E-state index in [0.717, 1.165) is 11.8 Å². The Morgan fingerprint density at radius 1 is 1.19 bits per heavy atom. The molecule has 1 aliphatic rings. The van der Waals surface area contributed by atoms with E-state index >= 15 is 0 Å². The van der Waals surface area contributed by atoms with E-state index in [0.29, 0.717) is 25.5 Å². The Labute approximate surface area is 167 Å². The maximum Gasteiger partial charge on any atom is 0.311 e. The first kappa shape index (κ1) is 18.7. The van der Waals surface area contributed by atoms with Crippen LogP contribution >= 0.6 is 47.2 Å². The number of phenols is 1. The minimum Gasteiger partial charge on any atom is -0.502 e. The van der Waals surface area contributed by atoms with Crippen molar-refractivity contribution in [1.82, 2.24) is 0 Å². The lowest BCUT2D eigenvalue weighted by molar-refractivity contribution is -0.385. The second-order valence-corrected chi connectivity index (χ2v) is 7.61. The third-order valence-corrected chi connectivity index (χ3v) is 5.49. The van der Waals surface area contributed by atoms with Gasteiger partial charge in [-0.05, 0) is 35.9 Å². The first-order valence-electron chi connectivity index (χ1n) is 6.98. The topological polar surface area (TPSA) is 83.7 Å². The molecule has 0 saturated carbocycles. The highest BCUT2D eigenvalue weighted by Gasteiger charge is 2.33. The van der Waals surface area contributed by atoms with Gasteiger partial charge < -0.3 is 5.11 Å². The van der Waals surface area contributed by atoms with Crippen LogP contribution in [0.15, 0.2) is 41.3 Å². The molecule has 0 radical (unpaired) electrons. The van der Waals surface area contributed by atoms with Crippen LogP contribution in [0, 0.1) is 10.1 Å². The van der Waals surface area contributed by atoms with E-state index in [2.05, 4.69) is 0 Å². The molecule has 0 aromatic heterocycles. The number of carbonyl (C=O) groups excluding carboxylic acids is 1. The van der Waals surface area contributed by atoms with Gasteiger partial charge in [-0.15, -0.1) is 0 Å². The number of nitro groups is 1. The number of thioether (sulfide) groups is 1. The summed E-state index contributed by atoms with van der Waals surface area (Å²) in [5, 5.41) is 21.1. The van der Waals surface area contributed by atoms with E-state index in [9.17, 15) is 20.0 Å². The van der Waals surface area contributed by atoms with Crippen molar-refractivity contribution in [2.75, 3.05) is 4.90 Å². The largest absolute Gasteiger partial charge is 0.502 e. The molecule has 1 saturated heterocycles. The summed E-state index contributed by atoms with van der Waals surface area (Å²) in [5.74, 6) is -0.829. The van der Waals surface area contributed by atoms with Crippen molar-refractivity contribution in [2.24, 2.45) is 0 Å². The number of benzene rings is 2. The van der Waals surface area contributed by atoms with Gasteiger partial charge in [0.25, 0.3) is 5.91 Å². The molecule has 2 aromatic carbocycles. The molecule has 10 heteroatoms. The molecule has 1 N–H and O–H groups in total. The number of aromatic hydroxyl groups is 1. The van der Waals surface area contributed by atoms with Crippen molar-refractivity contribution < 1.29 is 14.8 Å². The zero-order valence-electron chi connectivity index (χ0n) is 12.7. The summed E-state index contributed by atoms with van der Waals surface area (Å²) in [6.45, 7) is 0. The van der Waals surface area contributed by atoms with Crippen LogP contribution in [0.1, 0.15) is 5.56 Å². The lowest BCUT2D eigenvalue weighted by Crippen LogP contribution is -2.27. The normalized spacial score (nSPS) is 15.8. The van der Waals surface area contributed by atoms with Crippen molar-refractivity contribution in [1.29, 1.82) is 0 Å². The highest BCUT2D eigenvalue weighted by molar-refractivity contribution is 8.27. The Balaban J connectivity index is 1.96. The highest BCUT2D eigenvalue weighted by Crippen LogP contribution is 2.38. The van der Waals surface area contributed by atoms with Crippen LogP contribution in [0.4, 0.5) is 11.4 Å². The first-order valence-corrected chi connectivity index (χ1v) is 8.96. The first-order chi connectivity index (χ1) is 12.3. The Morgan fingerprint density at radius 3 is 2.58 bits per heavy atom. The average molecular weight is 427 g/mol. The van der Waals surface area contributed by atoms with Crippen LogP contribution < -0.4 is 4.90 Å².